The van der Waals surface area contributed by atoms with Gasteiger partial charge in [0, 0.05) is 11.5 Å². The summed E-state index contributed by atoms with van der Waals surface area (Å²) in [5.41, 5.74) is 2.74. The first-order valence-corrected chi connectivity index (χ1v) is 7.93. The molecule has 0 atom stereocenters. The molecule has 0 saturated heterocycles. The fourth-order valence-electron chi connectivity index (χ4n) is 1.97. The molecule has 0 nitrogen and oxygen atoms in total. The van der Waals surface area contributed by atoms with Gasteiger partial charge in [-0.15, -0.1) is 0 Å². The van der Waals surface area contributed by atoms with Gasteiger partial charge < -0.3 is 0 Å². The average Bonchev–Trinajstić information content (AvgIpc) is 2.49. The van der Waals surface area contributed by atoms with Gasteiger partial charge in [-0.25, -0.2) is 0 Å². The second-order valence-electron chi connectivity index (χ2n) is 4.42. The number of thioether (sulfide) groups is 1. The van der Waals surface area contributed by atoms with E-state index in [9.17, 15) is 0 Å². The summed E-state index contributed by atoms with van der Waals surface area (Å²) in [7, 11) is 0. The van der Waals surface area contributed by atoms with E-state index in [-0.39, 0.29) is 0 Å². The van der Waals surface area contributed by atoms with Gasteiger partial charge in [0.05, 0.1) is 0 Å². The predicted octanol–water partition coefficient (Wildman–Crippen LogP) is 5.27. The maximum absolute atomic E-state index is 2.26. The Morgan fingerprint density at radius 3 is 2.37 bits per heavy atom. The third kappa shape index (κ3) is 5.35. The van der Waals surface area contributed by atoms with Crippen LogP contribution in [0.3, 0.4) is 0 Å². The van der Waals surface area contributed by atoms with E-state index in [0.717, 1.165) is 24.3 Å². The Morgan fingerprint density at radius 2 is 1.53 bits per heavy atom. The van der Waals surface area contributed by atoms with E-state index in [2.05, 4.69) is 72.9 Å². The van der Waals surface area contributed by atoms with Gasteiger partial charge in [-0.1, -0.05) is 72.9 Å². The molecule has 19 heavy (non-hydrogen) atoms. The molecule has 1 heterocycles. The molecule has 1 aliphatic rings. The van der Waals surface area contributed by atoms with Crippen LogP contribution in [0, 0.1) is 0 Å². The van der Waals surface area contributed by atoms with Gasteiger partial charge >= 0.3 is 0 Å². The van der Waals surface area contributed by atoms with Gasteiger partial charge in [0.25, 0.3) is 0 Å². The summed E-state index contributed by atoms with van der Waals surface area (Å²) in [6.07, 6.45) is 17.7. The van der Waals surface area contributed by atoms with E-state index >= 15 is 0 Å². The Bertz CT molecular complexity index is 478. The molecule has 0 amide bonds. The number of hydrogen-bond donors (Lipinski definition) is 0. The minimum atomic E-state index is 1.08. The predicted molar refractivity (Wildman–Crippen MR) is 88.4 cm³/mol. The summed E-state index contributed by atoms with van der Waals surface area (Å²) < 4.78 is 0. The normalized spacial score (nSPS) is 21.6. The van der Waals surface area contributed by atoms with E-state index in [4.69, 9.17) is 0 Å². The van der Waals surface area contributed by atoms with E-state index in [1.807, 2.05) is 11.8 Å². The topological polar surface area (TPSA) is 0 Å². The molecule has 1 aliphatic heterocycles. The molecule has 0 aromatic heterocycles. The van der Waals surface area contributed by atoms with Crippen LogP contribution in [0.5, 0.6) is 0 Å². The molecule has 0 fully saturated rings. The van der Waals surface area contributed by atoms with Crippen LogP contribution in [0.4, 0.5) is 0 Å². The molecule has 1 heteroatoms. The maximum Gasteiger partial charge on any atom is 0.0119 e. The van der Waals surface area contributed by atoms with Crippen LogP contribution in [-0.4, -0.2) is 11.5 Å². The second-order valence-corrected chi connectivity index (χ2v) is 5.49. The fourth-order valence-corrected chi connectivity index (χ4v) is 2.60. The van der Waals surface area contributed by atoms with Crippen molar-refractivity contribution in [2.45, 2.75) is 12.8 Å². The van der Waals surface area contributed by atoms with Crippen LogP contribution in [-0.2, 0) is 0 Å². The number of allylic oxidation sites excluding steroid dienone is 6. The smallest absolute Gasteiger partial charge is 0.0119 e. The van der Waals surface area contributed by atoms with Crippen molar-refractivity contribution in [2.75, 3.05) is 11.5 Å². The van der Waals surface area contributed by atoms with E-state index in [1.165, 1.54) is 11.1 Å². The average molecular weight is 268 g/mol. The van der Waals surface area contributed by atoms with Crippen LogP contribution < -0.4 is 0 Å². The lowest BCUT2D eigenvalue weighted by Crippen LogP contribution is -1.83. The molecule has 1 aromatic carbocycles. The molecular formula is C18H20S. The summed E-state index contributed by atoms with van der Waals surface area (Å²) in [5.74, 6) is 2.16. The Morgan fingerprint density at radius 1 is 0.789 bits per heavy atom. The van der Waals surface area contributed by atoms with Crippen molar-refractivity contribution in [3.8, 4) is 0 Å². The Balaban J connectivity index is 2.13. The summed E-state index contributed by atoms with van der Waals surface area (Å²) in [6, 6.07) is 10.7. The van der Waals surface area contributed by atoms with E-state index in [1.54, 1.807) is 0 Å². The molecule has 1 aromatic rings. The van der Waals surface area contributed by atoms with Crippen LogP contribution >= 0.6 is 11.8 Å². The molecule has 0 radical (unpaired) electrons. The minimum absolute atomic E-state index is 1.08. The first-order chi connectivity index (χ1) is 9.47. The Labute approximate surface area is 120 Å². The molecule has 0 unspecified atom stereocenters. The molecular weight excluding hydrogens is 248 g/mol. The minimum Gasteiger partial charge on any atom is -0.154 e. The highest BCUT2D eigenvalue weighted by Gasteiger charge is 1.98. The molecule has 0 N–H and O–H groups in total. The van der Waals surface area contributed by atoms with Gasteiger partial charge in [0.2, 0.25) is 0 Å². The summed E-state index contributed by atoms with van der Waals surface area (Å²) in [6.45, 7) is 0. The zero-order valence-corrected chi connectivity index (χ0v) is 12.0. The Hall–Kier alpha value is -1.47. The van der Waals surface area contributed by atoms with Crippen molar-refractivity contribution in [2.24, 2.45) is 0 Å². The second kappa shape index (κ2) is 8.60. The van der Waals surface area contributed by atoms with E-state index in [0.29, 0.717) is 0 Å². The zero-order valence-electron chi connectivity index (χ0n) is 11.2. The van der Waals surface area contributed by atoms with Crippen LogP contribution in [0.1, 0.15) is 18.4 Å². The van der Waals surface area contributed by atoms with Gasteiger partial charge in [-0.3, -0.25) is 0 Å². The summed E-state index contributed by atoms with van der Waals surface area (Å²) >= 11 is 1.93. The SMILES string of the molecule is C1=CCC/C(c2ccccc2)=C\C=C/CSCC=C1. The van der Waals surface area contributed by atoms with Gasteiger partial charge in [0.15, 0.2) is 0 Å². The monoisotopic (exact) mass is 268 g/mol. The molecule has 0 aliphatic carbocycles. The van der Waals surface area contributed by atoms with Crippen LogP contribution in [0.15, 0.2) is 72.9 Å². The first kappa shape index (κ1) is 14.0. The highest BCUT2D eigenvalue weighted by atomic mass is 32.2. The third-order valence-corrected chi connectivity index (χ3v) is 3.83. The van der Waals surface area contributed by atoms with Gasteiger partial charge in [-0.05, 0) is 24.0 Å². The highest BCUT2D eigenvalue weighted by Crippen LogP contribution is 2.20. The lowest BCUT2D eigenvalue weighted by atomic mass is 10.0. The van der Waals surface area contributed by atoms with Crippen LogP contribution in [0.2, 0.25) is 0 Å². The standard InChI is InChI=1S/C18H20S/c1-2-5-11-18(17-12-6-4-7-13-17)14-8-10-16-19-15-9-3-1/h1-4,6-10,12-14H,5,11,15-16H2/b2-1?,9-3?,10-8-,18-14+. The number of rotatable bonds is 1. The van der Waals surface area contributed by atoms with Crippen molar-refractivity contribution in [3.63, 3.8) is 0 Å². The summed E-state index contributed by atoms with van der Waals surface area (Å²) in [4.78, 5) is 0. The van der Waals surface area contributed by atoms with Crippen molar-refractivity contribution in [1.29, 1.82) is 0 Å². The fraction of sp³-hybridized carbons (Fsp3) is 0.222. The van der Waals surface area contributed by atoms with Crippen LogP contribution in [0.25, 0.3) is 5.57 Å². The largest absolute Gasteiger partial charge is 0.154 e. The first-order valence-electron chi connectivity index (χ1n) is 6.77. The van der Waals surface area contributed by atoms with Crippen molar-refractivity contribution >= 4 is 17.3 Å². The highest BCUT2D eigenvalue weighted by molar-refractivity contribution is 7.99. The molecule has 0 spiro atoms. The van der Waals surface area contributed by atoms with Crippen molar-refractivity contribution in [3.05, 3.63) is 78.4 Å². The number of benzene rings is 1. The molecule has 0 bridgehead atoms. The zero-order chi connectivity index (χ0) is 13.2. The third-order valence-electron chi connectivity index (χ3n) is 2.97. The van der Waals surface area contributed by atoms with Gasteiger partial charge in [-0.2, -0.15) is 11.8 Å². The molecule has 2 rings (SSSR count). The van der Waals surface area contributed by atoms with Gasteiger partial charge in [0.1, 0.15) is 0 Å². The lowest BCUT2D eigenvalue weighted by molar-refractivity contribution is 1.07. The lowest BCUT2D eigenvalue weighted by Gasteiger charge is -2.05. The maximum atomic E-state index is 2.26. The van der Waals surface area contributed by atoms with Crippen molar-refractivity contribution in [1.82, 2.24) is 0 Å². The van der Waals surface area contributed by atoms with Crippen molar-refractivity contribution < 1.29 is 0 Å². The summed E-state index contributed by atoms with van der Waals surface area (Å²) in [5, 5.41) is 0. The molecule has 98 valence electrons. The Kier molecular flexibility index (Phi) is 6.31. The van der Waals surface area contributed by atoms with E-state index < -0.39 is 0 Å². The number of hydrogen-bond acceptors (Lipinski definition) is 1. The quantitative estimate of drug-likeness (QED) is 0.669. The molecule has 0 saturated carbocycles.